The maximum atomic E-state index is 12.5. The molecule has 1 fully saturated rings. The van der Waals surface area contributed by atoms with Crippen molar-refractivity contribution in [3.8, 4) is 0 Å². The van der Waals surface area contributed by atoms with E-state index < -0.39 is 0 Å². The maximum absolute atomic E-state index is 12.5. The molecule has 6 heteroatoms. The molecule has 112 valence electrons. The summed E-state index contributed by atoms with van der Waals surface area (Å²) in [6.45, 7) is 3.55. The number of aryl methyl sites for hydroxylation is 3. The predicted octanol–water partition coefficient (Wildman–Crippen LogP) is 1.48. The van der Waals surface area contributed by atoms with Crippen LogP contribution in [0.5, 0.6) is 0 Å². The minimum absolute atomic E-state index is 0.0683. The summed E-state index contributed by atoms with van der Waals surface area (Å²) in [4.78, 5) is 19.1. The van der Waals surface area contributed by atoms with E-state index >= 15 is 0 Å². The van der Waals surface area contributed by atoms with Gasteiger partial charge in [0.15, 0.2) is 0 Å². The Balaban J connectivity index is 1.77. The Morgan fingerprint density at radius 2 is 2.14 bits per heavy atom. The van der Waals surface area contributed by atoms with Gasteiger partial charge in [-0.3, -0.25) is 9.48 Å². The molecule has 1 aliphatic heterocycles. The van der Waals surface area contributed by atoms with Crippen LogP contribution in [0.15, 0.2) is 18.6 Å². The highest BCUT2D eigenvalue weighted by molar-refractivity contribution is 5.93. The van der Waals surface area contributed by atoms with Crippen molar-refractivity contribution in [1.29, 1.82) is 0 Å². The molecule has 0 bridgehead atoms. The maximum Gasteiger partial charge on any atom is 0.257 e. The van der Waals surface area contributed by atoms with Crippen LogP contribution >= 0.6 is 0 Å². The van der Waals surface area contributed by atoms with Crippen LogP contribution in [-0.4, -0.2) is 43.2 Å². The topological polar surface area (TPSA) is 56.0 Å². The summed E-state index contributed by atoms with van der Waals surface area (Å²) in [5, 5.41) is 4.08. The first-order chi connectivity index (χ1) is 10.0. The largest absolute Gasteiger partial charge is 0.338 e. The molecule has 0 N–H and O–H groups in total. The average molecular weight is 287 g/mol. The van der Waals surface area contributed by atoms with Gasteiger partial charge in [0.25, 0.3) is 5.91 Å². The number of aromatic nitrogens is 4. The zero-order valence-corrected chi connectivity index (χ0v) is 12.8. The van der Waals surface area contributed by atoms with E-state index in [4.69, 9.17) is 0 Å². The Labute approximate surface area is 124 Å². The normalized spacial score (nSPS) is 19.0. The zero-order chi connectivity index (χ0) is 15.0. The van der Waals surface area contributed by atoms with Gasteiger partial charge in [0, 0.05) is 45.5 Å². The van der Waals surface area contributed by atoms with Crippen LogP contribution in [0.1, 0.15) is 40.6 Å². The quantitative estimate of drug-likeness (QED) is 0.840. The molecule has 21 heavy (non-hydrogen) atoms. The molecule has 2 aromatic heterocycles. The summed E-state index contributed by atoms with van der Waals surface area (Å²) in [6.07, 6.45) is 7.55. The zero-order valence-electron chi connectivity index (χ0n) is 12.8. The number of likely N-dealkylation sites (tertiary alicyclic amines) is 1. The third kappa shape index (κ3) is 2.70. The molecule has 3 heterocycles. The molecule has 1 atom stereocenters. The number of nitrogens with zero attached hydrogens (tertiary/aromatic N) is 5. The van der Waals surface area contributed by atoms with Crippen molar-refractivity contribution in [3.05, 3.63) is 35.7 Å². The molecule has 1 saturated heterocycles. The molecule has 6 nitrogen and oxygen atoms in total. The second kappa shape index (κ2) is 5.35. The number of rotatable bonds is 2. The minimum atomic E-state index is 0.0683. The predicted molar refractivity (Wildman–Crippen MR) is 79.0 cm³/mol. The highest BCUT2D eigenvalue weighted by Crippen LogP contribution is 2.26. The van der Waals surface area contributed by atoms with Gasteiger partial charge >= 0.3 is 0 Å². The van der Waals surface area contributed by atoms with E-state index in [-0.39, 0.29) is 5.91 Å². The van der Waals surface area contributed by atoms with Crippen LogP contribution in [0.25, 0.3) is 0 Å². The second-order valence-electron chi connectivity index (χ2n) is 5.84. The molecule has 0 unspecified atom stereocenters. The van der Waals surface area contributed by atoms with Gasteiger partial charge in [-0.05, 0) is 19.8 Å². The van der Waals surface area contributed by atoms with Gasteiger partial charge in [-0.25, -0.2) is 4.98 Å². The molecule has 1 amide bonds. The van der Waals surface area contributed by atoms with Crippen molar-refractivity contribution in [3.63, 3.8) is 0 Å². The number of amides is 1. The van der Waals surface area contributed by atoms with Crippen molar-refractivity contribution in [2.75, 3.05) is 13.1 Å². The first kappa shape index (κ1) is 13.9. The summed E-state index contributed by atoms with van der Waals surface area (Å²) in [6, 6.07) is 0. The van der Waals surface area contributed by atoms with Crippen LogP contribution in [-0.2, 0) is 14.1 Å². The van der Waals surface area contributed by atoms with Crippen LogP contribution in [0, 0.1) is 6.92 Å². The van der Waals surface area contributed by atoms with Gasteiger partial charge < -0.3 is 9.47 Å². The SMILES string of the molecule is Cc1cn(C)c([C@@H]2CCCN(C(=O)c3cnn(C)c3)C2)n1. The molecular weight excluding hydrogens is 266 g/mol. The number of hydrogen-bond donors (Lipinski definition) is 0. The lowest BCUT2D eigenvalue weighted by atomic mass is 9.96. The summed E-state index contributed by atoms with van der Waals surface area (Å²) in [5.41, 5.74) is 1.69. The highest BCUT2D eigenvalue weighted by atomic mass is 16.2. The third-order valence-corrected chi connectivity index (χ3v) is 4.06. The fraction of sp³-hybridized carbons (Fsp3) is 0.533. The number of carbonyl (C=O) groups excluding carboxylic acids is 1. The lowest BCUT2D eigenvalue weighted by Crippen LogP contribution is -2.39. The number of imidazole rings is 1. The number of piperidine rings is 1. The van der Waals surface area contributed by atoms with Crippen molar-refractivity contribution in [2.45, 2.75) is 25.7 Å². The lowest BCUT2D eigenvalue weighted by Gasteiger charge is -2.32. The Hall–Kier alpha value is -2.11. The fourth-order valence-electron chi connectivity index (χ4n) is 3.10. The molecule has 0 radical (unpaired) electrons. The fourth-order valence-corrected chi connectivity index (χ4v) is 3.10. The first-order valence-corrected chi connectivity index (χ1v) is 7.32. The molecule has 2 aromatic rings. The Bertz CT molecular complexity index is 657. The minimum Gasteiger partial charge on any atom is -0.338 e. The summed E-state index contributed by atoms with van der Waals surface area (Å²) in [7, 11) is 3.85. The summed E-state index contributed by atoms with van der Waals surface area (Å²) >= 11 is 0. The monoisotopic (exact) mass is 287 g/mol. The van der Waals surface area contributed by atoms with Crippen molar-refractivity contribution in [2.24, 2.45) is 14.1 Å². The number of carbonyl (C=O) groups is 1. The highest BCUT2D eigenvalue weighted by Gasteiger charge is 2.28. The Morgan fingerprint density at radius 3 is 2.76 bits per heavy atom. The van der Waals surface area contributed by atoms with Gasteiger partial charge in [-0.15, -0.1) is 0 Å². The van der Waals surface area contributed by atoms with Gasteiger partial charge in [0.2, 0.25) is 0 Å². The van der Waals surface area contributed by atoms with E-state index in [1.807, 2.05) is 32.1 Å². The number of hydrogen-bond acceptors (Lipinski definition) is 3. The van der Waals surface area contributed by atoms with Crippen molar-refractivity contribution in [1.82, 2.24) is 24.2 Å². The van der Waals surface area contributed by atoms with Gasteiger partial charge in [0.05, 0.1) is 17.5 Å². The van der Waals surface area contributed by atoms with Gasteiger partial charge in [-0.2, -0.15) is 5.10 Å². The molecule has 0 spiro atoms. The van der Waals surface area contributed by atoms with Gasteiger partial charge in [0.1, 0.15) is 5.82 Å². The smallest absolute Gasteiger partial charge is 0.257 e. The first-order valence-electron chi connectivity index (χ1n) is 7.32. The van der Waals surface area contributed by atoms with E-state index in [1.54, 1.807) is 17.1 Å². The Kier molecular flexibility index (Phi) is 3.53. The van der Waals surface area contributed by atoms with E-state index in [0.29, 0.717) is 11.5 Å². The third-order valence-electron chi connectivity index (χ3n) is 4.06. The standard InChI is InChI=1S/C15H21N5O/c1-11-8-18(2)14(17-11)12-5-4-6-20(10-12)15(21)13-7-16-19(3)9-13/h7-9,12H,4-6,10H2,1-3H3/t12-/m1/s1. The van der Waals surface area contributed by atoms with Crippen LogP contribution in [0.2, 0.25) is 0 Å². The van der Waals surface area contributed by atoms with Crippen LogP contribution < -0.4 is 0 Å². The molecule has 0 aliphatic carbocycles. The molecule has 1 aliphatic rings. The van der Waals surface area contributed by atoms with Crippen LogP contribution in [0.4, 0.5) is 0 Å². The molecular formula is C15H21N5O. The Morgan fingerprint density at radius 1 is 1.33 bits per heavy atom. The molecule has 3 rings (SSSR count). The van der Waals surface area contributed by atoms with Gasteiger partial charge in [-0.1, -0.05) is 0 Å². The molecule has 0 aromatic carbocycles. The van der Waals surface area contributed by atoms with E-state index in [1.165, 1.54) is 0 Å². The van der Waals surface area contributed by atoms with Crippen molar-refractivity contribution >= 4 is 5.91 Å². The van der Waals surface area contributed by atoms with Crippen molar-refractivity contribution < 1.29 is 4.79 Å². The van der Waals surface area contributed by atoms with E-state index in [2.05, 4.69) is 14.6 Å². The summed E-state index contributed by atoms with van der Waals surface area (Å²) < 4.78 is 3.74. The molecule has 0 saturated carbocycles. The summed E-state index contributed by atoms with van der Waals surface area (Å²) in [5.74, 6) is 1.47. The van der Waals surface area contributed by atoms with E-state index in [9.17, 15) is 4.79 Å². The van der Waals surface area contributed by atoms with Crippen LogP contribution in [0.3, 0.4) is 0 Å². The van der Waals surface area contributed by atoms with E-state index in [0.717, 1.165) is 37.4 Å². The second-order valence-corrected chi connectivity index (χ2v) is 5.84. The average Bonchev–Trinajstić information content (AvgIpc) is 3.04. The lowest BCUT2D eigenvalue weighted by molar-refractivity contribution is 0.0703.